The molecule has 0 bridgehead atoms. The van der Waals surface area contributed by atoms with E-state index in [0.29, 0.717) is 17.5 Å². The summed E-state index contributed by atoms with van der Waals surface area (Å²) in [5.41, 5.74) is 15.4. The highest BCUT2D eigenvalue weighted by molar-refractivity contribution is 7.99. The highest BCUT2D eigenvalue weighted by Crippen LogP contribution is 2.65. The Morgan fingerprint density at radius 1 is 0.377 bits per heavy atom. The average Bonchev–Trinajstić information content (AvgIpc) is 3.64. The first kappa shape index (κ1) is 30.5. The van der Waals surface area contributed by atoms with Gasteiger partial charge in [0.05, 0.1) is 5.41 Å². The van der Waals surface area contributed by atoms with Crippen LogP contribution in [0.15, 0.2) is 174 Å². The number of fused-ring (bicyclic) bond motifs is 13. The highest BCUT2D eigenvalue weighted by Gasteiger charge is 2.52. The van der Waals surface area contributed by atoms with Crippen LogP contribution >= 0.6 is 11.8 Å². The number of benzene rings is 7. The zero-order chi connectivity index (χ0) is 35.3. The standard InChI is InChI=1S/C49H33N3S/c1-48(2)42-34(22-15-23-36(42)47-51-45(30-16-5-3-6-17-30)50-46(52-47)31-18-7-4-8-19-31)35-28-29-40-44(43(35)48)53-41-27-14-13-26-39(41)49(40)37-24-11-9-20-32(37)33-21-10-12-25-38(33)49/h3-29H,1-2H3. The van der Waals surface area contributed by atoms with E-state index in [2.05, 4.69) is 141 Å². The predicted octanol–water partition coefficient (Wildman–Crippen LogP) is 12.0. The molecule has 3 nitrogen and oxygen atoms in total. The van der Waals surface area contributed by atoms with Gasteiger partial charge in [0.15, 0.2) is 17.5 Å². The van der Waals surface area contributed by atoms with E-state index in [-0.39, 0.29) is 5.41 Å². The number of hydrogen-bond acceptors (Lipinski definition) is 4. The van der Waals surface area contributed by atoms with Gasteiger partial charge in [0.2, 0.25) is 0 Å². The lowest BCUT2D eigenvalue weighted by Crippen LogP contribution is -2.33. The fourth-order valence-corrected chi connectivity index (χ4v) is 11.0. The molecule has 1 aromatic heterocycles. The molecule has 0 unspecified atom stereocenters. The first-order chi connectivity index (χ1) is 26.0. The number of nitrogens with zero attached hydrogens (tertiary/aromatic N) is 3. The monoisotopic (exact) mass is 695 g/mol. The van der Waals surface area contributed by atoms with Crippen LogP contribution in [-0.2, 0) is 10.8 Å². The minimum atomic E-state index is -0.420. The Labute approximate surface area is 313 Å². The van der Waals surface area contributed by atoms with Gasteiger partial charge >= 0.3 is 0 Å². The van der Waals surface area contributed by atoms with Crippen molar-refractivity contribution in [1.29, 1.82) is 0 Å². The molecule has 0 amide bonds. The Kier molecular flexibility index (Phi) is 6.45. The van der Waals surface area contributed by atoms with E-state index in [9.17, 15) is 0 Å². The van der Waals surface area contributed by atoms with Crippen molar-refractivity contribution in [2.24, 2.45) is 0 Å². The molecule has 250 valence electrons. The predicted molar refractivity (Wildman–Crippen MR) is 215 cm³/mol. The summed E-state index contributed by atoms with van der Waals surface area (Å²) in [6.45, 7) is 4.78. The Morgan fingerprint density at radius 3 is 1.51 bits per heavy atom. The van der Waals surface area contributed by atoms with E-state index >= 15 is 0 Å². The third-order valence-electron chi connectivity index (χ3n) is 11.6. The smallest absolute Gasteiger partial charge is 0.164 e. The molecular formula is C49H33N3S. The summed E-state index contributed by atoms with van der Waals surface area (Å²) in [6.07, 6.45) is 0. The van der Waals surface area contributed by atoms with Crippen LogP contribution in [0, 0.1) is 0 Å². The molecule has 0 radical (unpaired) electrons. The van der Waals surface area contributed by atoms with Crippen molar-refractivity contribution in [3.63, 3.8) is 0 Å². The fraction of sp³-hybridized carbons (Fsp3) is 0.0816. The normalized spacial score (nSPS) is 14.8. The largest absolute Gasteiger partial charge is 0.208 e. The van der Waals surface area contributed by atoms with Crippen molar-refractivity contribution < 1.29 is 0 Å². The summed E-state index contributed by atoms with van der Waals surface area (Å²) in [7, 11) is 0. The lowest BCUT2D eigenvalue weighted by molar-refractivity contribution is 0.632. The minimum absolute atomic E-state index is 0.350. The number of rotatable bonds is 3. The summed E-state index contributed by atoms with van der Waals surface area (Å²) < 4.78 is 0. The molecule has 3 aliphatic rings. The lowest BCUT2D eigenvalue weighted by atomic mass is 9.66. The molecule has 11 rings (SSSR count). The molecule has 2 aliphatic carbocycles. The zero-order valence-electron chi connectivity index (χ0n) is 29.3. The third-order valence-corrected chi connectivity index (χ3v) is 12.8. The fourth-order valence-electron chi connectivity index (χ4n) is 9.46. The van der Waals surface area contributed by atoms with Gasteiger partial charge in [0, 0.05) is 31.9 Å². The third kappa shape index (κ3) is 4.16. The Balaban J connectivity index is 1.16. The minimum Gasteiger partial charge on any atom is -0.208 e. The highest BCUT2D eigenvalue weighted by atomic mass is 32.2. The Bertz CT molecular complexity index is 2680. The molecule has 8 aromatic rings. The Hall–Kier alpha value is -6.10. The van der Waals surface area contributed by atoms with Gasteiger partial charge in [0.25, 0.3) is 0 Å². The van der Waals surface area contributed by atoms with Crippen molar-refractivity contribution >= 4 is 11.8 Å². The van der Waals surface area contributed by atoms with E-state index < -0.39 is 5.41 Å². The van der Waals surface area contributed by atoms with Crippen LogP contribution < -0.4 is 0 Å². The van der Waals surface area contributed by atoms with Gasteiger partial charge in [-0.2, -0.15) is 0 Å². The second-order valence-electron chi connectivity index (χ2n) is 14.7. The topological polar surface area (TPSA) is 38.7 Å². The molecule has 0 saturated carbocycles. The van der Waals surface area contributed by atoms with Crippen LogP contribution in [0.25, 0.3) is 56.4 Å². The maximum Gasteiger partial charge on any atom is 0.164 e. The molecule has 2 heterocycles. The quantitative estimate of drug-likeness (QED) is 0.184. The second kappa shape index (κ2) is 11.2. The molecule has 1 spiro atoms. The van der Waals surface area contributed by atoms with Gasteiger partial charge in [-0.1, -0.05) is 183 Å². The van der Waals surface area contributed by atoms with E-state index in [1.54, 1.807) is 0 Å². The first-order valence-corrected chi connectivity index (χ1v) is 19.0. The zero-order valence-corrected chi connectivity index (χ0v) is 30.2. The molecule has 0 saturated heterocycles. The molecule has 53 heavy (non-hydrogen) atoms. The maximum absolute atomic E-state index is 5.20. The van der Waals surface area contributed by atoms with Crippen LogP contribution in [0.2, 0.25) is 0 Å². The summed E-state index contributed by atoms with van der Waals surface area (Å²) in [5, 5.41) is 0. The van der Waals surface area contributed by atoms with Crippen molar-refractivity contribution in [1.82, 2.24) is 15.0 Å². The number of hydrogen-bond donors (Lipinski definition) is 0. The van der Waals surface area contributed by atoms with Gasteiger partial charge in [0.1, 0.15) is 0 Å². The molecule has 1 aliphatic heterocycles. The van der Waals surface area contributed by atoms with Crippen molar-refractivity contribution in [2.75, 3.05) is 0 Å². The summed E-state index contributed by atoms with van der Waals surface area (Å²) in [5.74, 6) is 2.04. The van der Waals surface area contributed by atoms with Crippen LogP contribution in [0.1, 0.15) is 47.2 Å². The molecule has 4 heteroatoms. The maximum atomic E-state index is 5.20. The summed E-state index contributed by atoms with van der Waals surface area (Å²) >= 11 is 1.93. The second-order valence-corrected chi connectivity index (χ2v) is 15.7. The van der Waals surface area contributed by atoms with Crippen LogP contribution in [0.3, 0.4) is 0 Å². The van der Waals surface area contributed by atoms with Crippen molar-refractivity contribution in [2.45, 2.75) is 34.5 Å². The molecular weight excluding hydrogens is 663 g/mol. The van der Waals surface area contributed by atoms with Crippen molar-refractivity contribution in [3.05, 3.63) is 197 Å². The van der Waals surface area contributed by atoms with Gasteiger partial charge in [-0.3, -0.25) is 0 Å². The summed E-state index contributed by atoms with van der Waals surface area (Å²) in [4.78, 5) is 18.1. The van der Waals surface area contributed by atoms with Crippen LogP contribution in [-0.4, -0.2) is 15.0 Å². The molecule has 0 fully saturated rings. The number of aromatic nitrogens is 3. The van der Waals surface area contributed by atoms with E-state index in [1.807, 2.05) is 48.2 Å². The SMILES string of the molecule is CC1(C)c2c(-c3nc(-c4ccccc4)nc(-c4ccccc4)n3)cccc2-c2ccc3c(c21)Sc1ccccc1C31c2ccccc2-c2ccccc21. The van der Waals surface area contributed by atoms with E-state index in [1.165, 1.54) is 65.4 Å². The van der Waals surface area contributed by atoms with E-state index in [4.69, 9.17) is 15.0 Å². The average molecular weight is 696 g/mol. The van der Waals surface area contributed by atoms with Crippen LogP contribution in [0.5, 0.6) is 0 Å². The lowest BCUT2D eigenvalue weighted by Gasteiger charge is -2.41. The van der Waals surface area contributed by atoms with Gasteiger partial charge in [-0.15, -0.1) is 0 Å². The first-order valence-electron chi connectivity index (χ1n) is 18.2. The Morgan fingerprint density at radius 2 is 0.868 bits per heavy atom. The molecule has 0 N–H and O–H groups in total. The van der Waals surface area contributed by atoms with Crippen LogP contribution in [0.4, 0.5) is 0 Å². The van der Waals surface area contributed by atoms with Crippen molar-refractivity contribution in [3.8, 4) is 56.4 Å². The van der Waals surface area contributed by atoms with E-state index in [0.717, 1.165) is 16.7 Å². The van der Waals surface area contributed by atoms with Gasteiger partial charge in [-0.05, 0) is 61.7 Å². The molecule has 0 atom stereocenters. The van der Waals surface area contributed by atoms with Gasteiger partial charge in [-0.25, -0.2) is 15.0 Å². The summed E-state index contributed by atoms with van der Waals surface area (Å²) in [6, 6.07) is 59.1. The van der Waals surface area contributed by atoms with Gasteiger partial charge < -0.3 is 0 Å². The molecule has 7 aromatic carbocycles.